The van der Waals surface area contributed by atoms with Crippen LogP contribution in [0.25, 0.3) is 5.57 Å². The van der Waals surface area contributed by atoms with Gasteiger partial charge in [-0.1, -0.05) is 29.8 Å². The van der Waals surface area contributed by atoms with Gasteiger partial charge in [-0.15, -0.1) is 0 Å². The minimum atomic E-state index is 0.314. The van der Waals surface area contributed by atoms with Gasteiger partial charge in [0.2, 0.25) is 0 Å². The Bertz CT molecular complexity index is 747. The maximum absolute atomic E-state index is 9.93. The standard InChI is InChI=1S/C22H27NO2/c1-23(2)15-19-7-3-5-17(16-9-11-20(24)12-10-16)14-22(19)18-6-4-8-21(25)13-18/h4,6,8-13,17,24-25H,3,5,7,14-15H2,1-2H3. The summed E-state index contributed by atoms with van der Waals surface area (Å²) in [6.45, 7) is 0.952. The highest BCUT2D eigenvalue weighted by molar-refractivity contribution is 5.71. The summed E-state index contributed by atoms with van der Waals surface area (Å²) in [4.78, 5) is 2.22. The van der Waals surface area contributed by atoms with Gasteiger partial charge in [0.05, 0.1) is 0 Å². The lowest BCUT2D eigenvalue weighted by Crippen LogP contribution is -2.16. The Hall–Kier alpha value is -2.26. The topological polar surface area (TPSA) is 43.7 Å². The monoisotopic (exact) mass is 337 g/mol. The summed E-state index contributed by atoms with van der Waals surface area (Å²) >= 11 is 0. The highest BCUT2D eigenvalue weighted by atomic mass is 16.3. The number of hydrogen-bond acceptors (Lipinski definition) is 3. The molecule has 2 aromatic rings. The Morgan fingerprint density at radius 3 is 2.44 bits per heavy atom. The smallest absolute Gasteiger partial charge is 0.116 e. The van der Waals surface area contributed by atoms with Crippen molar-refractivity contribution in [3.63, 3.8) is 0 Å². The number of nitrogens with zero attached hydrogens (tertiary/aromatic N) is 1. The molecule has 25 heavy (non-hydrogen) atoms. The van der Waals surface area contributed by atoms with E-state index in [0.717, 1.165) is 37.8 Å². The number of benzene rings is 2. The normalized spacial score (nSPS) is 18.4. The number of allylic oxidation sites excluding steroid dienone is 1. The molecule has 0 heterocycles. The van der Waals surface area contributed by atoms with Crippen LogP contribution in [0.5, 0.6) is 11.5 Å². The number of likely N-dealkylation sites (N-methyl/N-ethyl adjacent to an activating group) is 1. The predicted octanol–water partition coefficient (Wildman–Crippen LogP) is 4.77. The van der Waals surface area contributed by atoms with Crippen LogP contribution in [-0.2, 0) is 0 Å². The Morgan fingerprint density at radius 1 is 1.00 bits per heavy atom. The maximum Gasteiger partial charge on any atom is 0.116 e. The SMILES string of the molecule is CN(C)CC1=C(c2cccc(O)c2)CC(c2ccc(O)cc2)CCC1. The third-order valence-electron chi connectivity index (χ3n) is 4.97. The molecular weight excluding hydrogens is 310 g/mol. The number of rotatable bonds is 4. The first-order chi connectivity index (χ1) is 12.0. The molecule has 0 fully saturated rings. The van der Waals surface area contributed by atoms with Crippen molar-refractivity contribution in [1.82, 2.24) is 4.90 Å². The van der Waals surface area contributed by atoms with Gasteiger partial charge >= 0.3 is 0 Å². The summed E-state index contributed by atoms with van der Waals surface area (Å²) in [5, 5.41) is 19.5. The third-order valence-corrected chi connectivity index (χ3v) is 4.97. The molecule has 132 valence electrons. The van der Waals surface area contributed by atoms with Crippen molar-refractivity contribution < 1.29 is 10.2 Å². The molecule has 3 rings (SSSR count). The molecule has 2 N–H and O–H groups in total. The summed E-state index contributed by atoms with van der Waals surface area (Å²) < 4.78 is 0. The van der Waals surface area contributed by atoms with Crippen molar-refractivity contribution in [3.05, 3.63) is 65.2 Å². The maximum atomic E-state index is 9.93. The molecule has 0 saturated heterocycles. The molecule has 3 nitrogen and oxygen atoms in total. The van der Waals surface area contributed by atoms with Gasteiger partial charge in [-0.2, -0.15) is 0 Å². The fourth-order valence-corrected chi connectivity index (χ4v) is 3.81. The van der Waals surface area contributed by atoms with Crippen molar-refractivity contribution in [2.75, 3.05) is 20.6 Å². The number of phenolic OH excluding ortho intramolecular Hbond substituents is 2. The number of hydrogen-bond donors (Lipinski definition) is 2. The largest absolute Gasteiger partial charge is 0.508 e. The minimum Gasteiger partial charge on any atom is -0.508 e. The molecule has 1 atom stereocenters. The van der Waals surface area contributed by atoms with Crippen LogP contribution in [0, 0.1) is 0 Å². The molecule has 1 aliphatic rings. The van der Waals surface area contributed by atoms with E-state index in [1.165, 1.54) is 16.7 Å². The summed E-state index contributed by atoms with van der Waals surface area (Å²) in [7, 11) is 4.21. The molecule has 0 aliphatic heterocycles. The minimum absolute atomic E-state index is 0.314. The average molecular weight is 337 g/mol. The van der Waals surface area contributed by atoms with Gasteiger partial charge in [-0.05, 0) is 86.7 Å². The number of phenols is 2. The van der Waals surface area contributed by atoms with Gasteiger partial charge in [0.15, 0.2) is 0 Å². The van der Waals surface area contributed by atoms with Gasteiger partial charge < -0.3 is 15.1 Å². The Morgan fingerprint density at radius 2 is 1.76 bits per heavy atom. The van der Waals surface area contributed by atoms with E-state index in [-0.39, 0.29) is 0 Å². The lowest BCUT2D eigenvalue weighted by Gasteiger charge is -2.20. The zero-order valence-corrected chi connectivity index (χ0v) is 15.1. The van der Waals surface area contributed by atoms with Crippen LogP contribution in [0.15, 0.2) is 54.1 Å². The molecule has 0 aromatic heterocycles. The van der Waals surface area contributed by atoms with Crippen LogP contribution in [0.2, 0.25) is 0 Å². The molecule has 0 bridgehead atoms. The molecule has 0 amide bonds. The van der Waals surface area contributed by atoms with E-state index < -0.39 is 0 Å². The fraction of sp³-hybridized carbons (Fsp3) is 0.364. The highest BCUT2D eigenvalue weighted by Crippen LogP contribution is 2.40. The van der Waals surface area contributed by atoms with Crippen LogP contribution in [0.4, 0.5) is 0 Å². The second-order valence-electron chi connectivity index (χ2n) is 7.26. The van der Waals surface area contributed by atoms with Crippen molar-refractivity contribution in [3.8, 4) is 11.5 Å². The van der Waals surface area contributed by atoms with Crippen molar-refractivity contribution in [2.45, 2.75) is 31.6 Å². The molecule has 0 radical (unpaired) electrons. The predicted molar refractivity (Wildman–Crippen MR) is 103 cm³/mol. The molecule has 1 unspecified atom stereocenters. The van der Waals surface area contributed by atoms with E-state index in [0.29, 0.717) is 17.4 Å². The Balaban J connectivity index is 1.98. The first-order valence-electron chi connectivity index (χ1n) is 8.97. The summed E-state index contributed by atoms with van der Waals surface area (Å²) in [6.07, 6.45) is 4.37. The zero-order valence-electron chi connectivity index (χ0n) is 15.1. The molecular formula is C22H27NO2. The highest BCUT2D eigenvalue weighted by Gasteiger charge is 2.22. The lowest BCUT2D eigenvalue weighted by molar-refractivity contribution is 0.438. The van der Waals surface area contributed by atoms with Crippen molar-refractivity contribution in [2.24, 2.45) is 0 Å². The van der Waals surface area contributed by atoms with Gasteiger partial charge in [-0.3, -0.25) is 0 Å². The van der Waals surface area contributed by atoms with Gasteiger partial charge in [0.25, 0.3) is 0 Å². The molecule has 0 saturated carbocycles. The molecule has 3 heteroatoms. The lowest BCUT2D eigenvalue weighted by atomic mass is 9.87. The zero-order chi connectivity index (χ0) is 17.8. The van der Waals surface area contributed by atoms with E-state index in [1.54, 1.807) is 18.2 Å². The Labute approximate surface area is 150 Å². The van der Waals surface area contributed by atoms with Gasteiger partial charge in [0.1, 0.15) is 11.5 Å². The van der Waals surface area contributed by atoms with E-state index in [1.807, 2.05) is 24.3 Å². The summed E-state index contributed by atoms with van der Waals surface area (Å²) in [6, 6.07) is 15.3. The second kappa shape index (κ2) is 7.75. The van der Waals surface area contributed by atoms with E-state index in [4.69, 9.17) is 0 Å². The van der Waals surface area contributed by atoms with E-state index >= 15 is 0 Å². The molecule has 2 aromatic carbocycles. The Kier molecular flexibility index (Phi) is 5.44. The van der Waals surface area contributed by atoms with Crippen LogP contribution in [0.3, 0.4) is 0 Å². The van der Waals surface area contributed by atoms with Crippen LogP contribution < -0.4 is 0 Å². The molecule has 1 aliphatic carbocycles. The fourth-order valence-electron chi connectivity index (χ4n) is 3.81. The first-order valence-corrected chi connectivity index (χ1v) is 8.97. The van der Waals surface area contributed by atoms with Crippen molar-refractivity contribution in [1.29, 1.82) is 0 Å². The average Bonchev–Trinajstić information content (AvgIpc) is 2.78. The van der Waals surface area contributed by atoms with Crippen LogP contribution in [0.1, 0.15) is 42.7 Å². The quantitative estimate of drug-likeness (QED) is 0.844. The summed E-state index contributed by atoms with van der Waals surface area (Å²) in [5.74, 6) is 1.08. The van der Waals surface area contributed by atoms with Crippen molar-refractivity contribution >= 4 is 5.57 Å². The third kappa shape index (κ3) is 4.43. The van der Waals surface area contributed by atoms with Crippen LogP contribution >= 0.6 is 0 Å². The molecule has 0 spiro atoms. The second-order valence-corrected chi connectivity index (χ2v) is 7.26. The van der Waals surface area contributed by atoms with E-state index in [2.05, 4.69) is 25.1 Å². The van der Waals surface area contributed by atoms with Gasteiger partial charge in [-0.25, -0.2) is 0 Å². The van der Waals surface area contributed by atoms with E-state index in [9.17, 15) is 10.2 Å². The van der Waals surface area contributed by atoms with Crippen LogP contribution in [-0.4, -0.2) is 35.8 Å². The first kappa shape index (κ1) is 17.6. The summed E-state index contributed by atoms with van der Waals surface area (Å²) in [5.41, 5.74) is 5.24. The number of aromatic hydroxyl groups is 2. The van der Waals surface area contributed by atoms with Gasteiger partial charge in [0, 0.05) is 6.54 Å².